The van der Waals surface area contributed by atoms with Crippen LogP contribution in [-0.2, 0) is 6.18 Å². The van der Waals surface area contributed by atoms with Gasteiger partial charge in [-0.2, -0.15) is 18.3 Å². The van der Waals surface area contributed by atoms with E-state index >= 15 is 0 Å². The first-order valence-corrected chi connectivity index (χ1v) is 14.6. The Balaban J connectivity index is 1.17. The van der Waals surface area contributed by atoms with Gasteiger partial charge in [0.15, 0.2) is 0 Å². The van der Waals surface area contributed by atoms with Gasteiger partial charge < -0.3 is 20.4 Å². The number of urea groups is 1. The van der Waals surface area contributed by atoms with E-state index in [2.05, 4.69) is 15.7 Å². The molecule has 1 aromatic heterocycles. The van der Waals surface area contributed by atoms with Crippen molar-refractivity contribution >= 4 is 11.9 Å². The highest BCUT2D eigenvalue weighted by Crippen LogP contribution is 2.45. The van der Waals surface area contributed by atoms with Crippen LogP contribution in [0, 0.1) is 0 Å². The van der Waals surface area contributed by atoms with Crippen molar-refractivity contribution < 1.29 is 22.8 Å². The van der Waals surface area contributed by atoms with E-state index in [1.165, 1.54) is 12.1 Å². The van der Waals surface area contributed by atoms with E-state index in [0.29, 0.717) is 38.0 Å². The first kappa shape index (κ1) is 27.1. The average Bonchev–Trinajstić information content (AvgIpc) is 3.50. The first-order valence-electron chi connectivity index (χ1n) is 14.6. The maximum absolute atomic E-state index is 13.9. The van der Waals surface area contributed by atoms with Gasteiger partial charge in [-0.1, -0.05) is 18.2 Å². The van der Waals surface area contributed by atoms with Gasteiger partial charge in [-0.05, 0) is 76.1 Å². The molecule has 0 radical (unpaired) electrons. The zero-order chi connectivity index (χ0) is 27.9. The second kappa shape index (κ2) is 11.1. The number of alkyl halides is 3. The molecule has 1 aromatic carbocycles. The number of piperidine rings is 2. The highest BCUT2D eigenvalue weighted by molar-refractivity contribution is 5.96. The molecule has 3 saturated heterocycles. The summed E-state index contributed by atoms with van der Waals surface area (Å²) in [6.07, 6.45) is 3.65. The maximum Gasteiger partial charge on any atom is 0.416 e. The van der Waals surface area contributed by atoms with Crippen molar-refractivity contribution in [1.29, 1.82) is 0 Å². The summed E-state index contributed by atoms with van der Waals surface area (Å²) in [5.41, 5.74) is 0.924. The normalized spacial score (nSPS) is 23.0. The van der Waals surface area contributed by atoms with Gasteiger partial charge >= 0.3 is 12.2 Å². The van der Waals surface area contributed by atoms with Gasteiger partial charge in [0.25, 0.3) is 5.91 Å². The van der Waals surface area contributed by atoms with E-state index in [9.17, 15) is 22.8 Å². The molecule has 1 aliphatic carbocycles. The largest absolute Gasteiger partial charge is 0.416 e. The third-order valence-corrected chi connectivity index (χ3v) is 8.93. The second-order valence-electron chi connectivity index (χ2n) is 11.6. The summed E-state index contributed by atoms with van der Waals surface area (Å²) in [5.74, 6) is 0.0117. The Kier molecular flexibility index (Phi) is 7.50. The number of carbonyl (C=O) groups is 2. The Bertz CT molecular complexity index is 1230. The minimum Gasteiger partial charge on any atom is -0.335 e. The quantitative estimate of drug-likeness (QED) is 0.550. The molecule has 8 nitrogen and oxygen atoms in total. The van der Waals surface area contributed by atoms with Crippen molar-refractivity contribution in [3.63, 3.8) is 0 Å². The summed E-state index contributed by atoms with van der Waals surface area (Å²) in [5, 5.41) is 11.2. The molecule has 4 fully saturated rings. The lowest BCUT2D eigenvalue weighted by atomic mass is 9.97. The molecule has 11 heteroatoms. The molecular weight excluding hydrogens is 521 g/mol. The third kappa shape index (κ3) is 5.44. The van der Waals surface area contributed by atoms with Crippen LogP contribution in [0.4, 0.5) is 18.0 Å². The monoisotopic (exact) mass is 558 g/mol. The van der Waals surface area contributed by atoms with E-state index < -0.39 is 17.8 Å². The van der Waals surface area contributed by atoms with Crippen LogP contribution in [0.2, 0.25) is 0 Å². The lowest BCUT2D eigenvalue weighted by Crippen LogP contribution is -2.50. The minimum atomic E-state index is -4.47. The Labute approximate surface area is 232 Å². The Morgan fingerprint density at radius 3 is 2.38 bits per heavy atom. The summed E-state index contributed by atoms with van der Waals surface area (Å²) in [7, 11) is 0. The van der Waals surface area contributed by atoms with E-state index in [4.69, 9.17) is 0 Å². The van der Waals surface area contributed by atoms with Crippen LogP contribution in [-0.4, -0.2) is 70.3 Å². The van der Waals surface area contributed by atoms with Gasteiger partial charge in [0.05, 0.1) is 35.1 Å². The average molecular weight is 559 g/mol. The number of nitrogens with one attached hydrogen (secondary N) is 2. The molecule has 216 valence electrons. The predicted octanol–water partition coefficient (Wildman–Crippen LogP) is 4.86. The van der Waals surface area contributed by atoms with Crippen molar-refractivity contribution in [2.75, 3.05) is 32.7 Å². The molecule has 4 aliphatic rings. The van der Waals surface area contributed by atoms with Crippen LogP contribution in [0.15, 0.2) is 30.5 Å². The molecule has 3 aliphatic heterocycles. The predicted molar refractivity (Wildman–Crippen MR) is 143 cm³/mol. The number of benzene rings is 1. The molecule has 6 rings (SSSR count). The molecule has 1 atom stereocenters. The lowest BCUT2D eigenvalue weighted by molar-refractivity contribution is -0.138. The number of rotatable bonds is 5. The van der Waals surface area contributed by atoms with Gasteiger partial charge in [0.2, 0.25) is 0 Å². The molecule has 0 bridgehead atoms. The Morgan fingerprint density at radius 2 is 1.68 bits per heavy atom. The zero-order valence-corrected chi connectivity index (χ0v) is 22.6. The highest BCUT2D eigenvalue weighted by Gasteiger charge is 2.42. The first-order chi connectivity index (χ1) is 19.3. The molecule has 2 aromatic rings. The number of amides is 3. The maximum atomic E-state index is 13.9. The summed E-state index contributed by atoms with van der Waals surface area (Å²) < 4.78 is 43.4. The molecule has 1 saturated carbocycles. The number of nitrogens with zero attached hydrogens (tertiary/aromatic N) is 4. The number of carbonyl (C=O) groups excluding carboxylic acids is 2. The lowest BCUT2D eigenvalue weighted by Gasteiger charge is -2.34. The Hall–Kier alpha value is -3.08. The van der Waals surface area contributed by atoms with E-state index in [-0.39, 0.29) is 35.5 Å². The van der Waals surface area contributed by atoms with Gasteiger partial charge in [-0.25, -0.2) is 4.79 Å². The topological polar surface area (TPSA) is 82.5 Å². The van der Waals surface area contributed by atoms with E-state index in [0.717, 1.165) is 63.4 Å². The number of halogens is 3. The Morgan fingerprint density at radius 1 is 0.950 bits per heavy atom. The number of likely N-dealkylation sites (tertiary alicyclic amines) is 2. The van der Waals surface area contributed by atoms with Crippen molar-refractivity contribution in [2.24, 2.45) is 0 Å². The van der Waals surface area contributed by atoms with Crippen LogP contribution in [0.3, 0.4) is 0 Å². The van der Waals surface area contributed by atoms with Gasteiger partial charge in [-0.15, -0.1) is 0 Å². The highest BCUT2D eigenvalue weighted by atomic mass is 19.4. The molecule has 40 heavy (non-hydrogen) atoms. The summed E-state index contributed by atoms with van der Waals surface area (Å²) in [6.45, 7) is 3.51. The molecule has 3 amide bonds. The number of hydrogen-bond acceptors (Lipinski definition) is 4. The SMILES string of the molecule is O=C(NC1CCNCC1)N1CCC(n2ncc(C(=O)N3CCCC3c3ccccc3C(F)(F)F)c2C2CC2)CC1. The van der Waals surface area contributed by atoms with Crippen LogP contribution in [0.5, 0.6) is 0 Å². The fourth-order valence-corrected chi connectivity index (χ4v) is 6.67. The van der Waals surface area contributed by atoms with Crippen LogP contribution >= 0.6 is 0 Å². The van der Waals surface area contributed by atoms with Gasteiger partial charge in [0, 0.05) is 31.6 Å². The van der Waals surface area contributed by atoms with Gasteiger partial charge in [0.1, 0.15) is 0 Å². The van der Waals surface area contributed by atoms with Crippen molar-refractivity contribution in [1.82, 2.24) is 30.2 Å². The van der Waals surface area contributed by atoms with E-state index in [1.54, 1.807) is 17.2 Å². The summed E-state index contributed by atoms with van der Waals surface area (Å²) in [6, 6.07) is 5.28. The minimum absolute atomic E-state index is 0.0108. The van der Waals surface area contributed by atoms with Crippen LogP contribution in [0.1, 0.15) is 96.5 Å². The van der Waals surface area contributed by atoms with Gasteiger partial charge in [-0.3, -0.25) is 9.48 Å². The summed E-state index contributed by atoms with van der Waals surface area (Å²) >= 11 is 0. The van der Waals surface area contributed by atoms with Crippen molar-refractivity contribution in [2.45, 2.75) is 81.6 Å². The molecular formula is C29H37F3N6O2. The number of hydrogen-bond donors (Lipinski definition) is 2. The van der Waals surface area contributed by atoms with Crippen LogP contribution < -0.4 is 10.6 Å². The fourth-order valence-electron chi connectivity index (χ4n) is 6.67. The van der Waals surface area contributed by atoms with Crippen molar-refractivity contribution in [3.8, 4) is 0 Å². The standard InChI is InChI=1S/C29H37F3N6O2/c30-29(31,32)24-5-2-1-4-22(24)25-6-3-15-37(25)27(39)23-18-34-38(26(23)19-7-8-19)21-11-16-36(17-12-21)28(40)35-20-9-13-33-14-10-20/h1-2,4-5,18-21,25,33H,3,6-17H2,(H,35,40). The molecule has 2 N–H and O–H groups in total. The fraction of sp³-hybridized carbons (Fsp3) is 0.621. The van der Waals surface area contributed by atoms with Crippen molar-refractivity contribution in [3.05, 3.63) is 52.8 Å². The number of aromatic nitrogens is 2. The van der Waals surface area contributed by atoms with Crippen LogP contribution in [0.25, 0.3) is 0 Å². The third-order valence-electron chi connectivity index (χ3n) is 8.93. The molecule has 4 heterocycles. The zero-order valence-electron chi connectivity index (χ0n) is 22.6. The molecule has 1 unspecified atom stereocenters. The summed E-state index contributed by atoms with van der Waals surface area (Å²) in [4.78, 5) is 30.2. The smallest absolute Gasteiger partial charge is 0.335 e. The molecule has 0 spiro atoms. The van der Waals surface area contributed by atoms with E-state index in [1.807, 2.05) is 9.58 Å². The second-order valence-corrected chi connectivity index (χ2v) is 11.6.